The van der Waals surface area contributed by atoms with Gasteiger partial charge in [-0.1, -0.05) is 25.5 Å². The lowest BCUT2D eigenvalue weighted by atomic mass is 10.1. The third-order valence-corrected chi connectivity index (χ3v) is 4.56. The largest absolute Gasteiger partial charge is 0.497 e. The molecule has 6 heteroatoms. The van der Waals surface area contributed by atoms with Crippen molar-refractivity contribution in [3.05, 3.63) is 48.0 Å². The molecule has 3 rings (SSSR count). The Kier molecular flexibility index (Phi) is 6.89. The zero-order valence-corrected chi connectivity index (χ0v) is 16.8. The highest BCUT2D eigenvalue weighted by Gasteiger charge is 2.09. The molecule has 0 fully saturated rings. The van der Waals surface area contributed by atoms with Crippen molar-refractivity contribution in [3.63, 3.8) is 0 Å². The van der Waals surface area contributed by atoms with Crippen molar-refractivity contribution in [2.45, 2.75) is 26.2 Å². The molecule has 0 saturated carbocycles. The molecule has 1 aromatic heterocycles. The number of ether oxygens (including phenoxy) is 2. The van der Waals surface area contributed by atoms with Crippen LogP contribution in [0.4, 0.5) is 11.8 Å². The maximum absolute atomic E-state index is 5.36. The predicted octanol–water partition coefficient (Wildman–Crippen LogP) is 4.51. The summed E-state index contributed by atoms with van der Waals surface area (Å²) in [6.45, 7) is 3.79. The number of aromatic nitrogens is 2. The first-order valence-electron chi connectivity index (χ1n) is 9.70. The second-order valence-corrected chi connectivity index (χ2v) is 6.59. The first-order valence-corrected chi connectivity index (χ1v) is 9.70. The number of rotatable bonds is 10. The average molecular weight is 380 g/mol. The summed E-state index contributed by atoms with van der Waals surface area (Å²) in [6.07, 6.45) is 3.08. The predicted molar refractivity (Wildman–Crippen MR) is 115 cm³/mol. The standard InChI is InChI=1S/C22H28N4O2/c1-4-5-12-23-21-19-15-18(28-3)9-10-20(19)25-22(26-21)24-13-11-16-7-6-8-17(14-16)27-2/h6-10,14-15H,4-5,11-13H2,1-3H3,(H2,23,24,25,26). The molecule has 0 aliphatic carbocycles. The van der Waals surface area contributed by atoms with Gasteiger partial charge in [-0.3, -0.25) is 0 Å². The van der Waals surface area contributed by atoms with Crippen molar-refractivity contribution in [1.29, 1.82) is 0 Å². The zero-order chi connectivity index (χ0) is 19.8. The smallest absolute Gasteiger partial charge is 0.225 e. The van der Waals surface area contributed by atoms with Crippen LogP contribution in [0.5, 0.6) is 11.5 Å². The molecule has 0 spiro atoms. The molecular weight excluding hydrogens is 352 g/mol. The lowest BCUT2D eigenvalue weighted by molar-refractivity contribution is 0.414. The summed E-state index contributed by atoms with van der Waals surface area (Å²) >= 11 is 0. The molecule has 0 unspecified atom stereocenters. The van der Waals surface area contributed by atoms with Crippen LogP contribution in [0.15, 0.2) is 42.5 Å². The summed E-state index contributed by atoms with van der Waals surface area (Å²) in [5, 5.41) is 7.75. The van der Waals surface area contributed by atoms with Crippen molar-refractivity contribution in [1.82, 2.24) is 9.97 Å². The van der Waals surface area contributed by atoms with Gasteiger partial charge in [0, 0.05) is 18.5 Å². The molecule has 0 aliphatic heterocycles. The van der Waals surface area contributed by atoms with E-state index in [4.69, 9.17) is 14.5 Å². The van der Waals surface area contributed by atoms with Gasteiger partial charge >= 0.3 is 0 Å². The van der Waals surface area contributed by atoms with E-state index >= 15 is 0 Å². The number of nitrogens with one attached hydrogen (secondary N) is 2. The quantitative estimate of drug-likeness (QED) is 0.504. The van der Waals surface area contributed by atoms with Gasteiger partial charge in [0.2, 0.25) is 5.95 Å². The SMILES string of the molecule is CCCCNc1nc(NCCc2cccc(OC)c2)nc2ccc(OC)cc12. The Hall–Kier alpha value is -3.02. The van der Waals surface area contributed by atoms with Crippen molar-refractivity contribution < 1.29 is 9.47 Å². The van der Waals surface area contributed by atoms with Crippen molar-refractivity contribution in [2.24, 2.45) is 0 Å². The van der Waals surface area contributed by atoms with E-state index in [1.807, 2.05) is 36.4 Å². The van der Waals surface area contributed by atoms with Crippen LogP contribution in [-0.4, -0.2) is 37.3 Å². The molecule has 0 saturated heterocycles. The normalized spacial score (nSPS) is 10.7. The lowest BCUT2D eigenvalue weighted by Gasteiger charge is -2.13. The van der Waals surface area contributed by atoms with E-state index in [0.29, 0.717) is 5.95 Å². The molecule has 6 nitrogen and oxygen atoms in total. The van der Waals surface area contributed by atoms with Crippen LogP contribution < -0.4 is 20.1 Å². The van der Waals surface area contributed by atoms with Crippen LogP contribution in [0.25, 0.3) is 10.9 Å². The van der Waals surface area contributed by atoms with Gasteiger partial charge in [0.25, 0.3) is 0 Å². The van der Waals surface area contributed by atoms with E-state index in [9.17, 15) is 0 Å². The number of methoxy groups -OCH3 is 2. The second-order valence-electron chi connectivity index (χ2n) is 6.59. The van der Waals surface area contributed by atoms with Crippen molar-refractivity contribution in [2.75, 3.05) is 37.9 Å². The molecular formula is C22H28N4O2. The molecule has 0 aliphatic rings. The van der Waals surface area contributed by atoms with Crippen LogP contribution >= 0.6 is 0 Å². The van der Waals surface area contributed by atoms with Crippen LogP contribution in [0.1, 0.15) is 25.3 Å². The first kappa shape index (κ1) is 19.7. The summed E-state index contributed by atoms with van der Waals surface area (Å²) in [6, 6.07) is 14.0. The van der Waals surface area contributed by atoms with Gasteiger partial charge in [-0.05, 0) is 48.7 Å². The summed E-state index contributed by atoms with van der Waals surface area (Å²) in [5.74, 6) is 3.13. The van der Waals surface area contributed by atoms with Crippen LogP contribution in [-0.2, 0) is 6.42 Å². The van der Waals surface area contributed by atoms with Crippen LogP contribution in [0.2, 0.25) is 0 Å². The van der Waals surface area contributed by atoms with Gasteiger partial charge in [-0.2, -0.15) is 4.98 Å². The van der Waals surface area contributed by atoms with Gasteiger partial charge < -0.3 is 20.1 Å². The third-order valence-electron chi connectivity index (χ3n) is 4.56. The van der Waals surface area contributed by atoms with Gasteiger partial charge in [-0.15, -0.1) is 0 Å². The zero-order valence-electron chi connectivity index (χ0n) is 16.8. The minimum atomic E-state index is 0.625. The molecule has 0 bridgehead atoms. The fraction of sp³-hybridized carbons (Fsp3) is 0.364. The lowest BCUT2D eigenvalue weighted by Crippen LogP contribution is -2.11. The van der Waals surface area contributed by atoms with Gasteiger partial charge in [0.05, 0.1) is 19.7 Å². The Bertz CT molecular complexity index is 914. The number of hydrogen-bond acceptors (Lipinski definition) is 6. The summed E-state index contributed by atoms with van der Waals surface area (Å²) < 4.78 is 10.6. The average Bonchev–Trinajstić information content (AvgIpc) is 2.73. The van der Waals surface area contributed by atoms with Gasteiger partial charge in [-0.25, -0.2) is 4.98 Å². The maximum Gasteiger partial charge on any atom is 0.225 e. The molecule has 28 heavy (non-hydrogen) atoms. The highest BCUT2D eigenvalue weighted by molar-refractivity contribution is 5.91. The first-order chi connectivity index (χ1) is 13.7. The maximum atomic E-state index is 5.36. The van der Waals surface area contributed by atoms with Gasteiger partial charge in [0.1, 0.15) is 17.3 Å². The molecule has 0 amide bonds. The van der Waals surface area contributed by atoms with Crippen molar-refractivity contribution in [3.8, 4) is 11.5 Å². The number of hydrogen-bond donors (Lipinski definition) is 2. The Morgan fingerprint density at radius 2 is 1.71 bits per heavy atom. The van der Waals surface area contributed by atoms with E-state index in [1.54, 1.807) is 14.2 Å². The molecule has 0 radical (unpaired) electrons. The van der Waals surface area contributed by atoms with Gasteiger partial charge in [0.15, 0.2) is 0 Å². The summed E-state index contributed by atoms with van der Waals surface area (Å²) in [4.78, 5) is 9.36. The summed E-state index contributed by atoms with van der Waals surface area (Å²) in [5.41, 5.74) is 2.09. The fourth-order valence-electron chi connectivity index (χ4n) is 2.98. The topological polar surface area (TPSA) is 68.3 Å². The Labute approximate surface area is 166 Å². The van der Waals surface area contributed by atoms with Crippen LogP contribution in [0.3, 0.4) is 0 Å². The van der Waals surface area contributed by atoms with Crippen molar-refractivity contribution >= 4 is 22.7 Å². The minimum absolute atomic E-state index is 0.625. The number of nitrogens with zero attached hydrogens (tertiary/aromatic N) is 2. The second kappa shape index (κ2) is 9.78. The number of anilines is 2. The summed E-state index contributed by atoms with van der Waals surface area (Å²) in [7, 11) is 3.35. The Morgan fingerprint density at radius 3 is 2.50 bits per heavy atom. The van der Waals surface area contributed by atoms with E-state index in [2.05, 4.69) is 28.6 Å². The third kappa shape index (κ3) is 5.03. The Balaban J connectivity index is 1.76. The van der Waals surface area contributed by atoms with Crippen LogP contribution in [0, 0.1) is 0 Å². The molecule has 2 N–H and O–H groups in total. The fourth-order valence-corrected chi connectivity index (χ4v) is 2.98. The van der Waals surface area contributed by atoms with E-state index in [-0.39, 0.29) is 0 Å². The molecule has 148 valence electrons. The number of unbranched alkanes of at least 4 members (excludes halogenated alkanes) is 1. The van der Waals surface area contributed by atoms with E-state index in [1.165, 1.54) is 5.56 Å². The molecule has 3 aromatic rings. The number of benzene rings is 2. The molecule has 1 heterocycles. The number of fused-ring (bicyclic) bond motifs is 1. The van der Waals surface area contributed by atoms with E-state index in [0.717, 1.165) is 60.6 Å². The Morgan fingerprint density at radius 1 is 0.893 bits per heavy atom. The molecule has 0 atom stereocenters. The highest BCUT2D eigenvalue weighted by Crippen LogP contribution is 2.26. The monoisotopic (exact) mass is 380 g/mol. The highest BCUT2D eigenvalue weighted by atomic mass is 16.5. The minimum Gasteiger partial charge on any atom is -0.497 e. The molecule has 2 aromatic carbocycles. The van der Waals surface area contributed by atoms with E-state index < -0.39 is 0 Å².